The summed E-state index contributed by atoms with van der Waals surface area (Å²) < 4.78 is 7.17. The Morgan fingerprint density at radius 1 is 1.21 bits per heavy atom. The minimum atomic E-state index is -0.137. The second kappa shape index (κ2) is 6.67. The van der Waals surface area contributed by atoms with Gasteiger partial charge in [0.2, 0.25) is 0 Å². The number of esters is 1. The SMILES string of the molecule is O=C(OCc1cc(=O)n2c3c(sc2n1)CCCC3)C1CCCCC1. The van der Waals surface area contributed by atoms with Gasteiger partial charge in [-0.25, -0.2) is 4.98 Å². The van der Waals surface area contributed by atoms with Gasteiger partial charge in [-0.05, 0) is 38.5 Å². The molecule has 5 nitrogen and oxygen atoms in total. The highest BCUT2D eigenvalue weighted by Crippen LogP contribution is 2.28. The van der Waals surface area contributed by atoms with E-state index in [-0.39, 0.29) is 24.1 Å². The molecule has 0 saturated heterocycles. The van der Waals surface area contributed by atoms with E-state index in [0.29, 0.717) is 5.69 Å². The van der Waals surface area contributed by atoms with Gasteiger partial charge in [0.05, 0.1) is 11.6 Å². The summed E-state index contributed by atoms with van der Waals surface area (Å²) in [5.41, 5.74) is 1.63. The standard InChI is InChI=1S/C18H22N2O3S/c21-16-10-13(11-23-17(22)12-6-2-1-3-7-12)19-18-20(16)14-8-4-5-9-15(14)24-18/h10,12H,1-9,11H2. The summed E-state index contributed by atoms with van der Waals surface area (Å²) in [5.74, 6) is -0.111. The van der Waals surface area contributed by atoms with Gasteiger partial charge in [0.15, 0.2) is 4.96 Å². The first kappa shape index (κ1) is 15.8. The third-order valence-corrected chi connectivity index (χ3v) is 6.26. The van der Waals surface area contributed by atoms with Crippen LogP contribution in [0.3, 0.4) is 0 Å². The van der Waals surface area contributed by atoms with Crippen molar-refractivity contribution in [3.8, 4) is 0 Å². The van der Waals surface area contributed by atoms with Crippen molar-refractivity contribution in [1.29, 1.82) is 0 Å². The molecule has 24 heavy (non-hydrogen) atoms. The zero-order valence-electron chi connectivity index (χ0n) is 13.8. The van der Waals surface area contributed by atoms with Crippen LogP contribution in [0.2, 0.25) is 0 Å². The first-order chi connectivity index (χ1) is 11.7. The number of nitrogens with zero attached hydrogens (tertiary/aromatic N) is 2. The molecule has 6 heteroatoms. The van der Waals surface area contributed by atoms with Crippen LogP contribution in [0, 0.1) is 5.92 Å². The van der Waals surface area contributed by atoms with Crippen molar-refractivity contribution >= 4 is 22.3 Å². The second-order valence-corrected chi connectivity index (χ2v) is 7.89. The van der Waals surface area contributed by atoms with Crippen molar-refractivity contribution in [1.82, 2.24) is 9.38 Å². The molecule has 2 heterocycles. The van der Waals surface area contributed by atoms with E-state index in [9.17, 15) is 9.59 Å². The molecule has 0 N–H and O–H groups in total. The van der Waals surface area contributed by atoms with Crippen LogP contribution in [0.25, 0.3) is 4.96 Å². The number of rotatable bonds is 3. The monoisotopic (exact) mass is 346 g/mol. The fourth-order valence-electron chi connectivity index (χ4n) is 3.82. The first-order valence-corrected chi connectivity index (χ1v) is 9.74. The molecule has 0 amide bonds. The molecule has 0 aliphatic heterocycles. The van der Waals surface area contributed by atoms with Crippen molar-refractivity contribution < 1.29 is 9.53 Å². The topological polar surface area (TPSA) is 60.7 Å². The molecule has 0 aromatic carbocycles. The zero-order valence-corrected chi connectivity index (χ0v) is 14.6. The van der Waals surface area contributed by atoms with Gasteiger partial charge in [-0.3, -0.25) is 14.0 Å². The van der Waals surface area contributed by atoms with Gasteiger partial charge in [0.25, 0.3) is 5.56 Å². The maximum atomic E-state index is 12.5. The van der Waals surface area contributed by atoms with Gasteiger partial charge in [-0.2, -0.15) is 0 Å². The summed E-state index contributed by atoms with van der Waals surface area (Å²) in [5, 5.41) is 0. The number of aryl methyl sites for hydroxylation is 2. The van der Waals surface area contributed by atoms with Crippen LogP contribution >= 0.6 is 11.3 Å². The van der Waals surface area contributed by atoms with E-state index in [1.165, 1.54) is 23.8 Å². The number of fused-ring (bicyclic) bond motifs is 3. The van der Waals surface area contributed by atoms with Crippen LogP contribution in [-0.4, -0.2) is 15.4 Å². The molecule has 4 rings (SSSR count). The molecule has 2 aliphatic rings. The number of ether oxygens (including phenoxy) is 1. The summed E-state index contributed by atoms with van der Waals surface area (Å²) >= 11 is 1.60. The van der Waals surface area contributed by atoms with Crippen LogP contribution in [-0.2, 0) is 29.0 Å². The Bertz CT molecular complexity index is 818. The highest BCUT2D eigenvalue weighted by molar-refractivity contribution is 7.17. The summed E-state index contributed by atoms with van der Waals surface area (Å²) in [4.78, 5) is 31.2. The third kappa shape index (κ3) is 2.99. The fourth-order valence-corrected chi connectivity index (χ4v) is 5.05. The molecule has 1 fully saturated rings. The van der Waals surface area contributed by atoms with Gasteiger partial charge >= 0.3 is 5.97 Å². The average molecular weight is 346 g/mol. The molecule has 128 valence electrons. The van der Waals surface area contributed by atoms with E-state index in [0.717, 1.165) is 55.6 Å². The van der Waals surface area contributed by atoms with Crippen molar-refractivity contribution in [2.75, 3.05) is 0 Å². The Morgan fingerprint density at radius 3 is 2.83 bits per heavy atom. The maximum absolute atomic E-state index is 12.5. The zero-order chi connectivity index (χ0) is 16.5. The molecule has 2 aliphatic carbocycles. The molecule has 0 atom stereocenters. The molecule has 0 spiro atoms. The second-order valence-electron chi connectivity index (χ2n) is 6.83. The molecule has 0 bridgehead atoms. The Kier molecular flexibility index (Phi) is 4.39. The van der Waals surface area contributed by atoms with E-state index in [2.05, 4.69) is 4.98 Å². The lowest BCUT2D eigenvalue weighted by Gasteiger charge is -2.19. The van der Waals surface area contributed by atoms with Crippen LogP contribution in [0.15, 0.2) is 10.9 Å². The summed E-state index contributed by atoms with van der Waals surface area (Å²) in [7, 11) is 0. The summed E-state index contributed by atoms with van der Waals surface area (Å²) in [6.45, 7) is 0.101. The van der Waals surface area contributed by atoms with E-state index >= 15 is 0 Å². The minimum Gasteiger partial charge on any atom is -0.459 e. The number of hydrogen-bond donors (Lipinski definition) is 0. The number of aromatic nitrogens is 2. The smallest absolute Gasteiger partial charge is 0.309 e. The molecular weight excluding hydrogens is 324 g/mol. The molecule has 1 saturated carbocycles. The van der Waals surface area contributed by atoms with Crippen molar-refractivity contribution in [3.63, 3.8) is 0 Å². The van der Waals surface area contributed by atoms with Gasteiger partial charge in [0, 0.05) is 16.6 Å². The van der Waals surface area contributed by atoms with Gasteiger partial charge in [0.1, 0.15) is 6.61 Å². The van der Waals surface area contributed by atoms with E-state index in [4.69, 9.17) is 4.74 Å². The van der Waals surface area contributed by atoms with E-state index in [1.54, 1.807) is 15.7 Å². The number of hydrogen-bond acceptors (Lipinski definition) is 5. The lowest BCUT2D eigenvalue weighted by molar-refractivity contribution is -0.151. The van der Waals surface area contributed by atoms with Crippen molar-refractivity contribution in [2.24, 2.45) is 5.92 Å². The Labute approximate surface area is 144 Å². The third-order valence-electron chi connectivity index (χ3n) is 5.12. The Morgan fingerprint density at radius 2 is 2.00 bits per heavy atom. The maximum Gasteiger partial charge on any atom is 0.309 e. The normalized spacial score (nSPS) is 18.5. The molecule has 0 unspecified atom stereocenters. The number of carbonyl (C=O) groups is 1. The Balaban J connectivity index is 1.52. The van der Waals surface area contributed by atoms with Gasteiger partial charge < -0.3 is 4.74 Å². The van der Waals surface area contributed by atoms with E-state index in [1.807, 2.05) is 0 Å². The predicted molar refractivity (Wildman–Crippen MR) is 92.4 cm³/mol. The average Bonchev–Trinajstić information content (AvgIpc) is 2.99. The van der Waals surface area contributed by atoms with Gasteiger partial charge in [-0.15, -0.1) is 11.3 Å². The quantitative estimate of drug-likeness (QED) is 0.801. The highest BCUT2D eigenvalue weighted by Gasteiger charge is 2.23. The molecular formula is C18H22N2O3S. The van der Waals surface area contributed by atoms with Crippen molar-refractivity contribution in [3.05, 3.63) is 32.7 Å². The molecule has 2 aromatic heterocycles. The van der Waals surface area contributed by atoms with Crippen LogP contribution in [0.5, 0.6) is 0 Å². The lowest BCUT2D eigenvalue weighted by atomic mass is 9.89. The van der Waals surface area contributed by atoms with Crippen LogP contribution in [0.4, 0.5) is 0 Å². The first-order valence-electron chi connectivity index (χ1n) is 8.92. The van der Waals surface area contributed by atoms with E-state index < -0.39 is 0 Å². The van der Waals surface area contributed by atoms with Crippen LogP contribution in [0.1, 0.15) is 61.2 Å². The van der Waals surface area contributed by atoms with Crippen molar-refractivity contribution in [2.45, 2.75) is 64.4 Å². The Hall–Kier alpha value is -1.69. The highest BCUT2D eigenvalue weighted by atomic mass is 32.1. The lowest BCUT2D eigenvalue weighted by Crippen LogP contribution is -2.22. The molecule has 0 radical (unpaired) electrons. The number of thiazole rings is 1. The summed E-state index contributed by atoms with van der Waals surface area (Å²) in [6, 6.07) is 1.52. The predicted octanol–water partition coefficient (Wildman–Crippen LogP) is 3.26. The number of carbonyl (C=O) groups excluding carboxylic acids is 1. The fraction of sp³-hybridized carbons (Fsp3) is 0.611. The largest absolute Gasteiger partial charge is 0.459 e. The van der Waals surface area contributed by atoms with Crippen LogP contribution < -0.4 is 5.56 Å². The minimum absolute atomic E-state index is 0.0256. The summed E-state index contributed by atoms with van der Waals surface area (Å²) in [6.07, 6.45) is 9.56. The van der Waals surface area contributed by atoms with Gasteiger partial charge in [-0.1, -0.05) is 19.3 Å². The molecule has 2 aromatic rings.